The molecule has 0 saturated carbocycles. The molecule has 2 aromatic carbocycles. The van der Waals surface area contributed by atoms with Crippen molar-refractivity contribution in [1.29, 1.82) is 0 Å². The zero-order valence-corrected chi connectivity index (χ0v) is 12.1. The average molecular weight is 323 g/mol. The number of halogens is 3. The van der Waals surface area contributed by atoms with Crippen LogP contribution in [-0.4, -0.2) is 11.3 Å². The second kappa shape index (κ2) is 7.04. The smallest absolute Gasteiger partial charge is 0.331 e. The molecule has 114 valence electrons. The van der Waals surface area contributed by atoms with Crippen molar-refractivity contribution in [2.75, 3.05) is 5.32 Å². The highest BCUT2D eigenvalue weighted by Gasteiger charge is 2.32. The van der Waals surface area contributed by atoms with Crippen LogP contribution in [0, 0.1) is 0 Å². The summed E-state index contributed by atoms with van der Waals surface area (Å²) in [7, 11) is 0. The summed E-state index contributed by atoms with van der Waals surface area (Å²) in [5.74, 6) is 0. The lowest BCUT2D eigenvalue weighted by atomic mass is 10.1. The van der Waals surface area contributed by atoms with Gasteiger partial charge in [-0.1, -0.05) is 36.4 Å². The molecule has 0 heterocycles. The molecule has 0 radical (unpaired) electrons. The van der Waals surface area contributed by atoms with Crippen molar-refractivity contribution in [3.63, 3.8) is 0 Å². The van der Waals surface area contributed by atoms with Crippen molar-refractivity contribution >= 4 is 29.2 Å². The normalized spacial score (nSPS) is 11.4. The van der Waals surface area contributed by atoms with Crippen LogP contribution in [0.1, 0.15) is 11.1 Å². The van der Waals surface area contributed by atoms with E-state index in [1.807, 2.05) is 18.2 Å². The summed E-state index contributed by atoms with van der Waals surface area (Å²) in [4.78, 5) is 0. The molecule has 7 heteroatoms. The lowest BCUT2D eigenvalue weighted by Gasteiger charge is -2.09. The number of nitrogens with zero attached hydrogens (tertiary/aromatic N) is 1. The highest BCUT2D eigenvalue weighted by Crippen LogP contribution is 2.30. The summed E-state index contributed by atoms with van der Waals surface area (Å²) in [5, 5.41) is 6.78. The monoisotopic (exact) mass is 323 g/mol. The van der Waals surface area contributed by atoms with Crippen LogP contribution in [0.25, 0.3) is 0 Å². The molecule has 0 unspecified atom stereocenters. The summed E-state index contributed by atoms with van der Waals surface area (Å²) in [6.45, 7) is 0. The molecule has 0 spiro atoms. The number of alkyl halides is 3. The first-order valence-corrected chi connectivity index (χ1v) is 6.69. The van der Waals surface area contributed by atoms with Gasteiger partial charge < -0.3 is 5.32 Å². The van der Waals surface area contributed by atoms with E-state index in [0.717, 1.165) is 18.0 Å². The standard InChI is InChI=1S/C15H12F3N3S/c16-15(17,18)13-9-5-4-6-11(13)10-19-21-14(22)20-12-7-2-1-3-8-12/h1-10H,(H2,20,21,22)/b19-10-. The first kappa shape index (κ1) is 16.0. The quantitative estimate of drug-likeness (QED) is 0.509. The third kappa shape index (κ3) is 4.56. The van der Waals surface area contributed by atoms with Crippen molar-refractivity contribution < 1.29 is 13.2 Å². The van der Waals surface area contributed by atoms with E-state index >= 15 is 0 Å². The van der Waals surface area contributed by atoms with Crippen LogP contribution >= 0.6 is 12.2 Å². The van der Waals surface area contributed by atoms with E-state index in [2.05, 4.69) is 15.8 Å². The third-order valence-electron chi connectivity index (χ3n) is 2.67. The number of benzene rings is 2. The van der Waals surface area contributed by atoms with E-state index in [0.29, 0.717) is 0 Å². The average Bonchev–Trinajstić information content (AvgIpc) is 2.48. The van der Waals surface area contributed by atoms with E-state index in [9.17, 15) is 13.2 Å². The van der Waals surface area contributed by atoms with Gasteiger partial charge in [0.05, 0.1) is 11.8 Å². The number of hydrogen-bond acceptors (Lipinski definition) is 2. The topological polar surface area (TPSA) is 36.4 Å². The van der Waals surface area contributed by atoms with Crippen LogP contribution in [0.3, 0.4) is 0 Å². The summed E-state index contributed by atoms with van der Waals surface area (Å²) in [6, 6.07) is 14.3. The van der Waals surface area contributed by atoms with Gasteiger partial charge in [-0.05, 0) is 30.4 Å². The van der Waals surface area contributed by atoms with Gasteiger partial charge in [0.1, 0.15) is 0 Å². The Labute approximate surface area is 130 Å². The van der Waals surface area contributed by atoms with Crippen molar-refractivity contribution in [2.45, 2.75) is 6.18 Å². The number of nitrogens with one attached hydrogen (secondary N) is 2. The van der Waals surface area contributed by atoms with Crippen molar-refractivity contribution in [3.8, 4) is 0 Å². The molecule has 0 aliphatic rings. The Morgan fingerprint density at radius 1 is 1.00 bits per heavy atom. The van der Waals surface area contributed by atoms with E-state index in [4.69, 9.17) is 12.2 Å². The molecule has 0 fully saturated rings. The minimum Gasteiger partial charge on any atom is -0.331 e. The van der Waals surface area contributed by atoms with Crippen LogP contribution in [-0.2, 0) is 6.18 Å². The minimum atomic E-state index is -4.43. The SMILES string of the molecule is FC(F)(F)c1ccccc1/C=N\NC(=S)Nc1ccccc1. The number of thiocarbonyl (C=S) groups is 1. The molecule has 3 nitrogen and oxygen atoms in total. The molecule has 22 heavy (non-hydrogen) atoms. The van der Waals surface area contributed by atoms with Crippen LogP contribution in [0.2, 0.25) is 0 Å². The van der Waals surface area contributed by atoms with E-state index < -0.39 is 11.7 Å². The Hall–Kier alpha value is -2.41. The molecule has 0 saturated heterocycles. The highest BCUT2D eigenvalue weighted by atomic mass is 32.1. The van der Waals surface area contributed by atoms with Crippen molar-refractivity contribution in [2.24, 2.45) is 5.10 Å². The van der Waals surface area contributed by atoms with Crippen LogP contribution in [0.5, 0.6) is 0 Å². The van der Waals surface area contributed by atoms with Gasteiger partial charge in [0.25, 0.3) is 0 Å². The maximum atomic E-state index is 12.8. The van der Waals surface area contributed by atoms with Gasteiger partial charge in [0.15, 0.2) is 5.11 Å². The van der Waals surface area contributed by atoms with Gasteiger partial charge in [-0.3, -0.25) is 5.43 Å². The largest absolute Gasteiger partial charge is 0.417 e. The molecule has 0 bridgehead atoms. The van der Waals surface area contributed by atoms with E-state index in [-0.39, 0.29) is 10.7 Å². The first-order chi connectivity index (χ1) is 10.5. The Kier molecular flexibility index (Phi) is 5.11. The minimum absolute atomic E-state index is 0.0370. The number of anilines is 1. The Bertz CT molecular complexity index is 669. The molecule has 0 aliphatic carbocycles. The zero-order chi connectivity index (χ0) is 16.0. The Morgan fingerprint density at radius 2 is 1.64 bits per heavy atom. The second-order valence-corrected chi connectivity index (χ2v) is 4.68. The van der Waals surface area contributed by atoms with Gasteiger partial charge >= 0.3 is 6.18 Å². The Morgan fingerprint density at radius 3 is 2.32 bits per heavy atom. The summed E-state index contributed by atoms with van der Waals surface area (Å²) < 4.78 is 38.4. The number of hydrogen-bond donors (Lipinski definition) is 2. The van der Waals surface area contributed by atoms with Crippen molar-refractivity contribution in [1.82, 2.24) is 5.43 Å². The van der Waals surface area contributed by atoms with Gasteiger partial charge in [0.2, 0.25) is 0 Å². The van der Waals surface area contributed by atoms with Crippen LogP contribution < -0.4 is 10.7 Å². The Balaban J connectivity index is 2.00. The van der Waals surface area contributed by atoms with Gasteiger partial charge in [-0.15, -0.1) is 0 Å². The lowest BCUT2D eigenvalue weighted by Crippen LogP contribution is -2.24. The molecule has 2 rings (SSSR count). The fraction of sp³-hybridized carbons (Fsp3) is 0.0667. The van der Waals surface area contributed by atoms with Crippen LogP contribution in [0.15, 0.2) is 59.7 Å². The molecule has 2 aromatic rings. The predicted molar refractivity (Wildman–Crippen MR) is 84.8 cm³/mol. The summed E-state index contributed by atoms with van der Waals surface area (Å²) in [6.07, 6.45) is -3.34. The van der Waals surface area contributed by atoms with Crippen LogP contribution in [0.4, 0.5) is 18.9 Å². The molecular weight excluding hydrogens is 311 g/mol. The van der Waals surface area contributed by atoms with Gasteiger partial charge in [-0.25, -0.2) is 0 Å². The third-order valence-corrected chi connectivity index (χ3v) is 2.86. The van der Waals surface area contributed by atoms with Crippen molar-refractivity contribution in [3.05, 3.63) is 65.7 Å². The number of para-hydroxylation sites is 1. The first-order valence-electron chi connectivity index (χ1n) is 6.28. The molecule has 0 aliphatic heterocycles. The predicted octanol–water partition coefficient (Wildman–Crippen LogP) is 4.03. The maximum absolute atomic E-state index is 12.8. The lowest BCUT2D eigenvalue weighted by molar-refractivity contribution is -0.137. The molecule has 0 amide bonds. The number of rotatable bonds is 3. The summed E-state index contributed by atoms with van der Waals surface area (Å²) in [5.41, 5.74) is 2.45. The van der Waals surface area contributed by atoms with Gasteiger partial charge in [0, 0.05) is 11.3 Å². The van der Waals surface area contributed by atoms with E-state index in [1.54, 1.807) is 12.1 Å². The fourth-order valence-electron chi connectivity index (χ4n) is 1.71. The fourth-order valence-corrected chi connectivity index (χ4v) is 1.88. The molecule has 0 aromatic heterocycles. The molecule has 0 atom stereocenters. The summed E-state index contributed by atoms with van der Waals surface area (Å²) >= 11 is 5.00. The van der Waals surface area contributed by atoms with Gasteiger partial charge in [-0.2, -0.15) is 18.3 Å². The second-order valence-electron chi connectivity index (χ2n) is 4.28. The molecule has 2 N–H and O–H groups in total. The number of hydrazone groups is 1. The zero-order valence-electron chi connectivity index (χ0n) is 11.3. The maximum Gasteiger partial charge on any atom is 0.417 e. The highest BCUT2D eigenvalue weighted by molar-refractivity contribution is 7.80. The molecular formula is C15H12F3N3S. The van der Waals surface area contributed by atoms with E-state index in [1.165, 1.54) is 18.2 Å².